The molecule has 1 rings (SSSR count). The maximum Gasteiger partial charge on any atom is 0.314 e. The lowest BCUT2D eigenvalue weighted by Gasteiger charge is -2.31. The molecule has 0 spiro atoms. The third-order valence-corrected chi connectivity index (χ3v) is 3.27. The molecule has 5 nitrogen and oxygen atoms in total. The smallest absolute Gasteiger partial charge is 0.314 e. The van der Waals surface area contributed by atoms with Crippen LogP contribution in [0.15, 0.2) is 0 Å². The van der Waals surface area contributed by atoms with Crippen molar-refractivity contribution >= 4 is 12.0 Å². The summed E-state index contributed by atoms with van der Waals surface area (Å²) in [7, 11) is 0. The van der Waals surface area contributed by atoms with Gasteiger partial charge in [0.05, 0.1) is 0 Å². The molecule has 0 aromatic heterocycles. The maximum atomic E-state index is 13.5. The Bertz CT molecular complexity index is 324. The van der Waals surface area contributed by atoms with Crippen LogP contribution < -0.4 is 10.6 Å². The minimum Gasteiger partial charge on any atom is -0.481 e. The first-order valence-corrected chi connectivity index (χ1v) is 6.53. The second kappa shape index (κ2) is 7.25. The van der Waals surface area contributed by atoms with Crippen molar-refractivity contribution in [1.29, 1.82) is 0 Å². The number of carbonyl (C=O) groups excluding carboxylic acids is 1. The van der Waals surface area contributed by atoms with Crippen LogP contribution >= 0.6 is 0 Å². The number of hydrogen-bond donors (Lipinski definition) is 3. The summed E-state index contributed by atoms with van der Waals surface area (Å²) in [6.07, 6.45) is 1.91. The Morgan fingerprint density at radius 3 is 2.63 bits per heavy atom. The van der Waals surface area contributed by atoms with Crippen LogP contribution in [0, 0.1) is 5.92 Å². The van der Waals surface area contributed by atoms with Crippen LogP contribution in [0.1, 0.15) is 38.5 Å². The fourth-order valence-electron chi connectivity index (χ4n) is 2.14. The van der Waals surface area contributed by atoms with Gasteiger partial charge in [-0.1, -0.05) is 6.42 Å². The predicted octanol–water partition coefficient (Wildman–Crippen LogP) is 1.98. The van der Waals surface area contributed by atoms with Crippen molar-refractivity contribution in [2.24, 2.45) is 5.92 Å². The lowest BCUT2D eigenvalue weighted by atomic mass is 9.85. The van der Waals surface area contributed by atoms with Crippen molar-refractivity contribution in [2.75, 3.05) is 13.1 Å². The van der Waals surface area contributed by atoms with E-state index in [9.17, 15) is 18.4 Å². The van der Waals surface area contributed by atoms with Crippen molar-refractivity contribution in [3.8, 4) is 0 Å². The third-order valence-electron chi connectivity index (χ3n) is 3.27. The fraction of sp³-hybridized carbons (Fsp3) is 0.833. The highest BCUT2D eigenvalue weighted by molar-refractivity contribution is 5.73. The molecule has 1 unspecified atom stereocenters. The number of nitrogens with one attached hydrogen (secondary N) is 2. The summed E-state index contributed by atoms with van der Waals surface area (Å²) >= 11 is 0. The van der Waals surface area contributed by atoms with E-state index in [0.29, 0.717) is 19.3 Å². The molecule has 0 bridgehead atoms. The van der Waals surface area contributed by atoms with E-state index in [0.717, 1.165) is 6.42 Å². The third kappa shape index (κ3) is 5.85. The van der Waals surface area contributed by atoms with E-state index in [-0.39, 0.29) is 25.9 Å². The second-order valence-corrected chi connectivity index (χ2v) is 4.84. The van der Waals surface area contributed by atoms with Gasteiger partial charge in [0.2, 0.25) is 0 Å². The van der Waals surface area contributed by atoms with Gasteiger partial charge in [-0.25, -0.2) is 13.6 Å². The average Bonchev–Trinajstić information content (AvgIpc) is 2.32. The van der Waals surface area contributed by atoms with Gasteiger partial charge in [-0.15, -0.1) is 0 Å². The maximum absolute atomic E-state index is 13.5. The highest BCUT2D eigenvalue weighted by Crippen LogP contribution is 2.37. The quantitative estimate of drug-likeness (QED) is 0.650. The van der Waals surface area contributed by atoms with Gasteiger partial charge in [0.25, 0.3) is 5.92 Å². The van der Waals surface area contributed by atoms with E-state index in [1.54, 1.807) is 0 Å². The Balaban J connectivity index is 2.17. The number of rotatable bonds is 6. The summed E-state index contributed by atoms with van der Waals surface area (Å²) in [6, 6.07) is -0.522. The topological polar surface area (TPSA) is 78.4 Å². The molecular formula is C12H20F2N2O3. The van der Waals surface area contributed by atoms with Crippen LogP contribution in [0.3, 0.4) is 0 Å². The van der Waals surface area contributed by atoms with Gasteiger partial charge < -0.3 is 15.7 Å². The minimum absolute atomic E-state index is 0.0268. The molecule has 0 saturated heterocycles. The number of hydrogen-bond acceptors (Lipinski definition) is 2. The fourth-order valence-corrected chi connectivity index (χ4v) is 2.14. The Morgan fingerprint density at radius 2 is 2.00 bits per heavy atom. The Kier molecular flexibility index (Phi) is 5.98. The average molecular weight is 278 g/mol. The standard InChI is InChI=1S/C12H20F2N2O3/c13-12(14)6-2-1-4-9(12)8-16-11(19)15-7-3-5-10(17)18/h9H,1-8H2,(H,17,18)(H2,15,16,19). The zero-order valence-corrected chi connectivity index (χ0v) is 10.8. The molecule has 110 valence electrons. The summed E-state index contributed by atoms with van der Waals surface area (Å²) in [5, 5.41) is 13.3. The van der Waals surface area contributed by atoms with Crippen molar-refractivity contribution in [3.05, 3.63) is 0 Å². The molecule has 0 radical (unpaired) electrons. The van der Waals surface area contributed by atoms with Crippen LogP contribution in [0.5, 0.6) is 0 Å². The molecule has 1 aliphatic carbocycles. The summed E-state index contributed by atoms with van der Waals surface area (Å²) < 4.78 is 27.0. The van der Waals surface area contributed by atoms with Gasteiger partial charge in [0, 0.05) is 31.8 Å². The van der Waals surface area contributed by atoms with E-state index >= 15 is 0 Å². The first kappa shape index (κ1) is 15.7. The van der Waals surface area contributed by atoms with Crippen LogP contribution in [0.25, 0.3) is 0 Å². The molecular weight excluding hydrogens is 258 g/mol. The molecule has 19 heavy (non-hydrogen) atoms. The molecule has 1 atom stereocenters. The highest BCUT2D eigenvalue weighted by Gasteiger charge is 2.41. The van der Waals surface area contributed by atoms with Gasteiger partial charge in [-0.3, -0.25) is 4.79 Å². The van der Waals surface area contributed by atoms with Crippen molar-refractivity contribution < 1.29 is 23.5 Å². The van der Waals surface area contributed by atoms with E-state index in [1.165, 1.54) is 0 Å². The van der Waals surface area contributed by atoms with Crippen LogP contribution in [0.4, 0.5) is 13.6 Å². The van der Waals surface area contributed by atoms with E-state index < -0.39 is 23.8 Å². The largest absolute Gasteiger partial charge is 0.481 e. The Morgan fingerprint density at radius 1 is 1.26 bits per heavy atom. The number of urea groups is 1. The first-order valence-electron chi connectivity index (χ1n) is 6.53. The summed E-state index contributed by atoms with van der Waals surface area (Å²) in [5.41, 5.74) is 0. The first-order chi connectivity index (χ1) is 8.92. The molecule has 0 aromatic carbocycles. The van der Waals surface area contributed by atoms with Gasteiger partial charge in [-0.05, 0) is 19.3 Å². The van der Waals surface area contributed by atoms with Crippen molar-refractivity contribution in [1.82, 2.24) is 10.6 Å². The number of carboxylic acids is 1. The number of carbonyl (C=O) groups is 2. The normalized spacial score (nSPS) is 21.7. The monoisotopic (exact) mass is 278 g/mol. The zero-order chi connectivity index (χ0) is 14.3. The molecule has 2 amide bonds. The van der Waals surface area contributed by atoms with Crippen LogP contribution in [-0.4, -0.2) is 36.1 Å². The number of carboxylic acid groups (broad SMARTS) is 1. The number of halogens is 2. The molecule has 1 saturated carbocycles. The second-order valence-electron chi connectivity index (χ2n) is 4.84. The number of alkyl halides is 2. The van der Waals surface area contributed by atoms with Gasteiger partial charge in [0.1, 0.15) is 0 Å². The minimum atomic E-state index is -2.70. The molecule has 1 aliphatic rings. The van der Waals surface area contributed by atoms with Crippen molar-refractivity contribution in [3.63, 3.8) is 0 Å². The van der Waals surface area contributed by atoms with E-state index in [4.69, 9.17) is 5.11 Å². The molecule has 0 aromatic rings. The van der Waals surface area contributed by atoms with E-state index in [2.05, 4.69) is 10.6 Å². The number of aliphatic carboxylic acids is 1. The molecule has 0 aliphatic heterocycles. The number of amides is 2. The van der Waals surface area contributed by atoms with E-state index in [1.807, 2.05) is 0 Å². The lowest BCUT2D eigenvalue weighted by Crippen LogP contribution is -2.44. The van der Waals surface area contributed by atoms with Crippen LogP contribution in [0.2, 0.25) is 0 Å². The SMILES string of the molecule is O=C(O)CCCNC(=O)NCC1CCCCC1(F)F. The molecule has 7 heteroatoms. The van der Waals surface area contributed by atoms with Gasteiger partial charge in [-0.2, -0.15) is 0 Å². The molecule has 0 heterocycles. The molecule has 3 N–H and O–H groups in total. The Hall–Kier alpha value is -1.40. The molecule has 1 fully saturated rings. The summed E-state index contributed by atoms with van der Waals surface area (Å²) in [6.45, 7) is 0.178. The van der Waals surface area contributed by atoms with Gasteiger partial charge >= 0.3 is 12.0 Å². The van der Waals surface area contributed by atoms with Gasteiger partial charge in [0.15, 0.2) is 0 Å². The highest BCUT2D eigenvalue weighted by atomic mass is 19.3. The van der Waals surface area contributed by atoms with Crippen LogP contribution in [-0.2, 0) is 4.79 Å². The summed E-state index contributed by atoms with van der Waals surface area (Å²) in [5.74, 6) is -4.43. The zero-order valence-electron chi connectivity index (χ0n) is 10.8. The Labute approximate surface area is 110 Å². The predicted molar refractivity (Wildman–Crippen MR) is 65.2 cm³/mol. The lowest BCUT2D eigenvalue weighted by molar-refractivity contribution is -0.137. The summed E-state index contributed by atoms with van der Waals surface area (Å²) in [4.78, 5) is 21.6. The van der Waals surface area contributed by atoms with Crippen molar-refractivity contribution in [2.45, 2.75) is 44.4 Å².